The van der Waals surface area contributed by atoms with Crippen molar-refractivity contribution in [3.63, 3.8) is 0 Å². The highest BCUT2D eigenvalue weighted by Crippen LogP contribution is 2.35. The van der Waals surface area contributed by atoms with Gasteiger partial charge in [-0.1, -0.05) is 36.9 Å². The minimum absolute atomic E-state index is 0.456. The van der Waals surface area contributed by atoms with E-state index >= 15 is 0 Å². The Labute approximate surface area is 131 Å². The summed E-state index contributed by atoms with van der Waals surface area (Å²) in [6.45, 7) is 7.17. The zero-order chi connectivity index (χ0) is 14.7. The molecule has 0 amide bonds. The number of nitrogens with zero attached hydrogens (tertiary/aromatic N) is 4. The Bertz CT molecular complexity index is 576. The molecule has 0 fully saturated rings. The van der Waals surface area contributed by atoms with Gasteiger partial charge in [-0.15, -0.1) is 10.2 Å². The van der Waals surface area contributed by atoms with Crippen molar-refractivity contribution >= 4 is 34.9 Å². The van der Waals surface area contributed by atoms with Crippen molar-refractivity contribution in [2.24, 2.45) is 7.05 Å². The third-order valence-corrected chi connectivity index (χ3v) is 5.88. The van der Waals surface area contributed by atoms with Gasteiger partial charge in [-0.3, -0.25) is 4.68 Å². The molecule has 0 saturated carbocycles. The fraction of sp³-hybridized carbons (Fsp3) is 0.583. The first kappa shape index (κ1) is 15.8. The lowest BCUT2D eigenvalue weighted by molar-refractivity contribution is 0.580. The summed E-state index contributed by atoms with van der Waals surface area (Å²) < 4.78 is 3.88. The normalized spacial score (nSPS) is 11.5. The monoisotopic (exact) mass is 329 g/mol. The second-order valence-corrected chi connectivity index (χ2v) is 7.94. The Morgan fingerprint density at radius 3 is 2.60 bits per heavy atom. The van der Waals surface area contributed by atoms with Gasteiger partial charge in [-0.25, -0.2) is 0 Å². The molecule has 2 rings (SSSR count). The van der Waals surface area contributed by atoms with E-state index in [0.717, 1.165) is 25.9 Å². The summed E-state index contributed by atoms with van der Waals surface area (Å²) in [5.41, 5.74) is 2.31. The van der Waals surface area contributed by atoms with E-state index in [-0.39, 0.29) is 0 Å². The molecular weight excluding hydrogens is 310 g/mol. The topological polar surface area (TPSA) is 55.6 Å². The Balaban J connectivity index is 2.21. The van der Waals surface area contributed by atoms with Gasteiger partial charge in [-0.2, -0.15) is 5.10 Å². The molecule has 0 aromatic carbocycles. The number of aromatic nitrogens is 4. The summed E-state index contributed by atoms with van der Waals surface area (Å²) in [4.78, 5) is 0. The molecule has 2 heterocycles. The number of thioether (sulfide) groups is 1. The van der Waals surface area contributed by atoms with Crippen molar-refractivity contribution in [1.82, 2.24) is 25.3 Å². The summed E-state index contributed by atoms with van der Waals surface area (Å²) >= 11 is 4.89. The van der Waals surface area contributed by atoms with Crippen LogP contribution in [-0.2, 0) is 13.6 Å². The van der Waals surface area contributed by atoms with E-state index in [1.54, 1.807) is 34.9 Å². The number of nitrogens with one attached hydrogen (secondary N) is 1. The van der Waals surface area contributed by atoms with Gasteiger partial charge in [0, 0.05) is 25.2 Å². The number of rotatable bonds is 6. The average molecular weight is 330 g/mol. The fourth-order valence-electron chi connectivity index (χ4n) is 1.72. The SMILES string of the molecule is CSc1nnc(Sc2c(CNC(C)C)c(C)nn2C)s1. The highest BCUT2D eigenvalue weighted by molar-refractivity contribution is 8.03. The molecule has 0 unspecified atom stereocenters. The predicted molar refractivity (Wildman–Crippen MR) is 85.7 cm³/mol. The maximum atomic E-state index is 4.52. The first-order valence-corrected chi connectivity index (χ1v) is 9.18. The summed E-state index contributed by atoms with van der Waals surface area (Å²) in [5, 5.41) is 17.5. The van der Waals surface area contributed by atoms with Crippen LogP contribution in [0, 0.1) is 6.92 Å². The van der Waals surface area contributed by atoms with Gasteiger partial charge in [-0.05, 0) is 24.9 Å². The number of hydrogen-bond acceptors (Lipinski definition) is 7. The number of hydrogen-bond donors (Lipinski definition) is 1. The highest BCUT2D eigenvalue weighted by Gasteiger charge is 2.16. The van der Waals surface area contributed by atoms with Gasteiger partial charge in [0.05, 0.1) is 5.69 Å². The van der Waals surface area contributed by atoms with E-state index in [9.17, 15) is 0 Å². The van der Waals surface area contributed by atoms with Crippen LogP contribution in [0.5, 0.6) is 0 Å². The molecular formula is C12H19N5S3. The van der Waals surface area contributed by atoms with E-state index in [2.05, 4.69) is 41.4 Å². The molecule has 0 aliphatic heterocycles. The third-order valence-electron chi connectivity index (χ3n) is 2.72. The molecule has 0 aliphatic rings. The van der Waals surface area contributed by atoms with Gasteiger partial charge in [0.2, 0.25) is 0 Å². The van der Waals surface area contributed by atoms with Crippen LogP contribution in [0.4, 0.5) is 0 Å². The molecule has 1 N–H and O–H groups in total. The predicted octanol–water partition coefficient (Wildman–Crippen LogP) is 2.95. The van der Waals surface area contributed by atoms with Gasteiger partial charge >= 0.3 is 0 Å². The lowest BCUT2D eigenvalue weighted by Crippen LogP contribution is -2.22. The first-order chi connectivity index (χ1) is 9.51. The van der Waals surface area contributed by atoms with Gasteiger partial charge in [0.15, 0.2) is 8.68 Å². The smallest absolute Gasteiger partial charge is 0.181 e. The van der Waals surface area contributed by atoms with Crippen molar-refractivity contribution in [3.05, 3.63) is 11.3 Å². The Kier molecular flexibility index (Phi) is 5.48. The standard InChI is InChI=1S/C12H19N5S3/c1-7(2)13-6-9-8(3)16-17(4)10(9)19-12-15-14-11(18-5)20-12/h7,13H,6H2,1-5H3. The first-order valence-electron chi connectivity index (χ1n) is 6.32. The van der Waals surface area contributed by atoms with Crippen molar-refractivity contribution in [2.75, 3.05) is 6.26 Å². The molecule has 8 heteroatoms. The third kappa shape index (κ3) is 3.75. The van der Waals surface area contributed by atoms with Gasteiger partial charge in [0.25, 0.3) is 0 Å². The minimum atomic E-state index is 0.456. The van der Waals surface area contributed by atoms with Crippen LogP contribution in [0.2, 0.25) is 0 Å². The molecule has 20 heavy (non-hydrogen) atoms. The van der Waals surface area contributed by atoms with Gasteiger partial charge < -0.3 is 5.32 Å². The van der Waals surface area contributed by atoms with Crippen molar-refractivity contribution in [2.45, 2.75) is 47.1 Å². The summed E-state index contributed by atoms with van der Waals surface area (Å²) in [6.07, 6.45) is 2.02. The van der Waals surface area contributed by atoms with Crippen molar-refractivity contribution in [1.29, 1.82) is 0 Å². The molecule has 5 nitrogen and oxygen atoms in total. The lowest BCUT2D eigenvalue weighted by atomic mass is 10.2. The maximum Gasteiger partial charge on any atom is 0.181 e. The molecule has 0 radical (unpaired) electrons. The molecule has 0 atom stereocenters. The largest absolute Gasteiger partial charge is 0.310 e. The van der Waals surface area contributed by atoms with Crippen LogP contribution in [0.1, 0.15) is 25.1 Å². The lowest BCUT2D eigenvalue weighted by Gasteiger charge is -2.09. The van der Waals surface area contributed by atoms with E-state index in [0.29, 0.717) is 6.04 Å². The Morgan fingerprint density at radius 2 is 2.00 bits per heavy atom. The molecule has 0 saturated heterocycles. The van der Waals surface area contributed by atoms with Crippen LogP contribution in [0.3, 0.4) is 0 Å². The van der Waals surface area contributed by atoms with Crippen molar-refractivity contribution in [3.8, 4) is 0 Å². The van der Waals surface area contributed by atoms with E-state index < -0.39 is 0 Å². The second kappa shape index (κ2) is 6.93. The quantitative estimate of drug-likeness (QED) is 0.822. The van der Waals surface area contributed by atoms with Crippen molar-refractivity contribution < 1.29 is 0 Å². The number of aryl methyl sites for hydroxylation is 2. The van der Waals surface area contributed by atoms with E-state index in [1.807, 2.05) is 18.0 Å². The molecule has 0 bridgehead atoms. The summed E-state index contributed by atoms with van der Waals surface area (Å²) in [6, 6.07) is 0.456. The van der Waals surface area contributed by atoms with Crippen LogP contribution < -0.4 is 5.32 Å². The van der Waals surface area contributed by atoms with E-state index in [4.69, 9.17) is 0 Å². The summed E-state index contributed by atoms with van der Waals surface area (Å²) in [5.74, 6) is 0. The minimum Gasteiger partial charge on any atom is -0.310 e. The van der Waals surface area contributed by atoms with Gasteiger partial charge in [0.1, 0.15) is 5.03 Å². The molecule has 2 aromatic heterocycles. The molecule has 110 valence electrons. The maximum absolute atomic E-state index is 4.52. The molecule has 0 spiro atoms. The van der Waals surface area contributed by atoms with Crippen LogP contribution >= 0.6 is 34.9 Å². The fourth-order valence-corrected chi connectivity index (χ4v) is 4.29. The summed E-state index contributed by atoms with van der Waals surface area (Å²) in [7, 11) is 1.98. The van der Waals surface area contributed by atoms with Crippen LogP contribution in [-0.4, -0.2) is 32.3 Å². The van der Waals surface area contributed by atoms with Crippen LogP contribution in [0.15, 0.2) is 13.7 Å². The zero-order valence-corrected chi connectivity index (χ0v) is 14.7. The second-order valence-electron chi connectivity index (χ2n) is 4.67. The molecule has 0 aliphatic carbocycles. The highest BCUT2D eigenvalue weighted by atomic mass is 32.2. The molecule has 2 aromatic rings. The van der Waals surface area contributed by atoms with E-state index in [1.165, 1.54) is 5.56 Å². The Morgan fingerprint density at radius 1 is 1.30 bits per heavy atom. The Hall–Kier alpha value is -0.570. The van der Waals surface area contributed by atoms with Crippen LogP contribution in [0.25, 0.3) is 0 Å². The zero-order valence-electron chi connectivity index (χ0n) is 12.3. The average Bonchev–Trinajstić information content (AvgIpc) is 2.94.